The normalized spacial score (nSPS) is 17.6. The third-order valence-corrected chi connectivity index (χ3v) is 1.96. The third-order valence-electron chi connectivity index (χ3n) is 1.96. The molecular weight excluding hydrogens is 198 g/mol. The average Bonchev–Trinajstić information content (AvgIpc) is 2.17. The van der Waals surface area contributed by atoms with Crippen molar-refractivity contribution in [1.82, 2.24) is 14.9 Å². The molecule has 1 aliphatic rings. The first-order valence-corrected chi connectivity index (χ1v) is 4.45. The summed E-state index contributed by atoms with van der Waals surface area (Å²) in [4.78, 5) is 31.4. The molecule has 1 fully saturated rings. The van der Waals surface area contributed by atoms with Crippen molar-refractivity contribution in [1.29, 1.82) is 0 Å². The van der Waals surface area contributed by atoms with E-state index in [0.29, 0.717) is 6.54 Å². The van der Waals surface area contributed by atoms with Crippen LogP contribution in [0.2, 0.25) is 0 Å². The van der Waals surface area contributed by atoms with Gasteiger partial charge in [-0.25, -0.2) is 9.97 Å². The van der Waals surface area contributed by atoms with E-state index in [1.807, 2.05) is 0 Å². The van der Waals surface area contributed by atoms with E-state index in [1.54, 1.807) is 17.2 Å². The van der Waals surface area contributed by atoms with Crippen molar-refractivity contribution in [3.05, 3.63) is 24.3 Å². The summed E-state index contributed by atoms with van der Waals surface area (Å²) in [6.07, 6.45) is 3.05. The number of hydrogen-bond donors (Lipinski definition) is 0. The zero-order chi connectivity index (χ0) is 10.7. The minimum absolute atomic E-state index is 0.121. The van der Waals surface area contributed by atoms with Gasteiger partial charge in [-0.1, -0.05) is 0 Å². The first-order valence-electron chi connectivity index (χ1n) is 4.45. The lowest BCUT2D eigenvalue weighted by Gasteiger charge is -2.23. The van der Waals surface area contributed by atoms with Crippen LogP contribution in [0.1, 0.15) is 5.69 Å². The molecule has 0 aliphatic carbocycles. The maximum absolute atomic E-state index is 11.0. The second-order valence-corrected chi connectivity index (χ2v) is 3.19. The number of esters is 2. The summed E-state index contributed by atoms with van der Waals surface area (Å²) in [6.45, 7) is 0.689. The van der Waals surface area contributed by atoms with Gasteiger partial charge in [-0.3, -0.25) is 14.5 Å². The lowest BCUT2D eigenvalue weighted by molar-refractivity contribution is -0.167. The highest BCUT2D eigenvalue weighted by Crippen LogP contribution is 2.04. The summed E-state index contributed by atoms with van der Waals surface area (Å²) in [5.41, 5.74) is 0.771. The Morgan fingerprint density at radius 2 is 2.07 bits per heavy atom. The minimum atomic E-state index is -0.514. The van der Waals surface area contributed by atoms with Crippen LogP contribution in [0.25, 0.3) is 0 Å². The summed E-state index contributed by atoms with van der Waals surface area (Å²) in [6, 6.07) is 1.74. The van der Waals surface area contributed by atoms with Crippen molar-refractivity contribution in [3.63, 3.8) is 0 Å². The fourth-order valence-corrected chi connectivity index (χ4v) is 1.37. The standard InChI is InChI=1S/C9H9N3O3/c13-8-4-12(5-9(14)15-8)3-7-1-2-10-6-11-7/h1-2,6H,3-5H2. The molecular formula is C9H9N3O3. The maximum Gasteiger partial charge on any atom is 0.327 e. The fourth-order valence-electron chi connectivity index (χ4n) is 1.37. The Bertz CT molecular complexity index is 363. The Kier molecular flexibility index (Phi) is 2.68. The molecule has 6 heteroatoms. The second-order valence-electron chi connectivity index (χ2n) is 3.19. The molecule has 1 saturated heterocycles. The molecule has 1 aliphatic heterocycles. The van der Waals surface area contributed by atoms with Gasteiger partial charge in [0.2, 0.25) is 0 Å². The van der Waals surface area contributed by atoms with Gasteiger partial charge in [0.25, 0.3) is 0 Å². The second kappa shape index (κ2) is 4.14. The van der Waals surface area contributed by atoms with Gasteiger partial charge >= 0.3 is 11.9 Å². The minimum Gasteiger partial charge on any atom is -0.391 e. The van der Waals surface area contributed by atoms with Gasteiger partial charge < -0.3 is 4.74 Å². The van der Waals surface area contributed by atoms with Crippen molar-refractivity contribution in [2.75, 3.05) is 13.1 Å². The highest BCUT2D eigenvalue weighted by Gasteiger charge is 2.24. The first kappa shape index (κ1) is 9.72. The van der Waals surface area contributed by atoms with E-state index in [4.69, 9.17) is 0 Å². The van der Waals surface area contributed by atoms with Crippen molar-refractivity contribution < 1.29 is 14.3 Å². The SMILES string of the molecule is O=C1CN(Cc2ccncn2)CC(=O)O1. The van der Waals surface area contributed by atoms with Crippen LogP contribution in [-0.2, 0) is 20.9 Å². The van der Waals surface area contributed by atoms with E-state index < -0.39 is 11.9 Å². The molecule has 0 atom stereocenters. The maximum atomic E-state index is 11.0. The van der Waals surface area contributed by atoms with Gasteiger partial charge in [-0.15, -0.1) is 0 Å². The average molecular weight is 207 g/mol. The smallest absolute Gasteiger partial charge is 0.327 e. The van der Waals surface area contributed by atoms with E-state index in [2.05, 4.69) is 14.7 Å². The quantitative estimate of drug-likeness (QED) is 0.474. The Morgan fingerprint density at radius 3 is 2.67 bits per heavy atom. The molecule has 2 rings (SSSR count). The van der Waals surface area contributed by atoms with Gasteiger partial charge in [0, 0.05) is 12.7 Å². The van der Waals surface area contributed by atoms with Crippen molar-refractivity contribution in [3.8, 4) is 0 Å². The third kappa shape index (κ3) is 2.57. The van der Waals surface area contributed by atoms with Gasteiger partial charge in [-0.05, 0) is 6.07 Å². The van der Waals surface area contributed by atoms with Crippen LogP contribution >= 0.6 is 0 Å². The van der Waals surface area contributed by atoms with Crippen molar-refractivity contribution >= 4 is 11.9 Å². The van der Waals surface area contributed by atoms with Crippen LogP contribution in [0.15, 0.2) is 18.6 Å². The number of carbonyl (C=O) groups excluding carboxylic acids is 2. The summed E-state index contributed by atoms with van der Waals surface area (Å²) >= 11 is 0. The Balaban J connectivity index is 2.00. The predicted molar refractivity (Wildman–Crippen MR) is 48.4 cm³/mol. The van der Waals surface area contributed by atoms with Gasteiger partial charge in [0.05, 0.1) is 18.8 Å². The largest absolute Gasteiger partial charge is 0.391 e. The molecule has 1 aromatic heterocycles. The van der Waals surface area contributed by atoms with Crippen LogP contribution in [0.3, 0.4) is 0 Å². The molecule has 6 nitrogen and oxygen atoms in total. The molecule has 0 bridgehead atoms. The number of carbonyl (C=O) groups is 2. The lowest BCUT2D eigenvalue weighted by Crippen LogP contribution is -2.42. The van der Waals surface area contributed by atoms with Crippen LogP contribution < -0.4 is 0 Å². The monoisotopic (exact) mass is 207 g/mol. The zero-order valence-corrected chi connectivity index (χ0v) is 7.92. The number of nitrogens with zero attached hydrogens (tertiary/aromatic N) is 3. The van der Waals surface area contributed by atoms with Crippen LogP contribution in [-0.4, -0.2) is 39.9 Å². The molecule has 0 amide bonds. The molecule has 0 spiro atoms. The fraction of sp³-hybridized carbons (Fsp3) is 0.333. The van der Waals surface area contributed by atoms with Crippen molar-refractivity contribution in [2.24, 2.45) is 0 Å². The molecule has 0 N–H and O–H groups in total. The molecule has 2 heterocycles. The van der Waals surface area contributed by atoms with Crippen LogP contribution in [0, 0.1) is 0 Å². The predicted octanol–water partition coefficient (Wildman–Crippen LogP) is -0.638. The topological polar surface area (TPSA) is 72.4 Å². The summed E-state index contributed by atoms with van der Waals surface area (Å²) in [7, 11) is 0. The molecule has 78 valence electrons. The van der Waals surface area contributed by atoms with E-state index in [9.17, 15) is 9.59 Å². The Hall–Kier alpha value is -1.82. The van der Waals surface area contributed by atoms with Gasteiger partial charge in [-0.2, -0.15) is 0 Å². The van der Waals surface area contributed by atoms with E-state index >= 15 is 0 Å². The molecule has 0 unspecified atom stereocenters. The molecule has 0 aromatic carbocycles. The Labute approximate surface area is 85.9 Å². The highest BCUT2D eigenvalue weighted by molar-refractivity contribution is 5.90. The summed E-state index contributed by atoms with van der Waals surface area (Å²) in [5.74, 6) is -1.03. The molecule has 0 saturated carbocycles. The molecule has 0 radical (unpaired) electrons. The number of rotatable bonds is 2. The van der Waals surface area contributed by atoms with Gasteiger partial charge in [0.1, 0.15) is 6.33 Å². The van der Waals surface area contributed by atoms with Crippen LogP contribution in [0.5, 0.6) is 0 Å². The van der Waals surface area contributed by atoms with E-state index in [-0.39, 0.29) is 13.1 Å². The van der Waals surface area contributed by atoms with E-state index in [0.717, 1.165) is 5.69 Å². The van der Waals surface area contributed by atoms with Crippen molar-refractivity contribution in [2.45, 2.75) is 6.54 Å². The van der Waals surface area contributed by atoms with Crippen LogP contribution in [0.4, 0.5) is 0 Å². The number of ether oxygens (including phenoxy) is 1. The van der Waals surface area contributed by atoms with Gasteiger partial charge in [0.15, 0.2) is 0 Å². The number of hydrogen-bond acceptors (Lipinski definition) is 6. The molecule has 15 heavy (non-hydrogen) atoms. The lowest BCUT2D eigenvalue weighted by atomic mass is 10.3. The first-order chi connectivity index (χ1) is 7.24. The highest BCUT2D eigenvalue weighted by atomic mass is 16.6. The summed E-state index contributed by atoms with van der Waals surface area (Å²) < 4.78 is 4.40. The summed E-state index contributed by atoms with van der Waals surface area (Å²) in [5, 5.41) is 0. The Morgan fingerprint density at radius 1 is 1.33 bits per heavy atom. The molecule has 1 aromatic rings. The van der Waals surface area contributed by atoms with E-state index in [1.165, 1.54) is 6.33 Å². The number of aromatic nitrogens is 2. The number of morpholine rings is 1. The number of cyclic esters (lactones) is 2. The zero-order valence-electron chi connectivity index (χ0n) is 7.92.